The van der Waals surface area contributed by atoms with E-state index in [-0.39, 0.29) is 11.9 Å². The molecule has 3 rings (SSSR count). The molecule has 0 unspecified atom stereocenters. The highest BCUT2D eigenvalue weighted by Crippen LogP contribution is 2.23. The van der Waals surface area contributed by atoms with Gasteiger partial charge in [0.15, 0.2) is 0 Å². The normalized spacial score (nSPS) is 14.6. The largest absolute Gasteiger partial charge is 0.348 e. The van der Waals surface area contributed by atoms with Crippen LogP contribution in [0.25, 0.3) is 0 Å². The van der Waals surface area contributed by atoms with E-state index in [4.69, 9.17) is 0 Å². The first-order valence-corrected chi connectivity index (χ1v) is 9.00. The van der Waals surface area contributed by atoms with Gasteiger partial charge < -0.3 is 10.6 Å². The van der Waals surface area contributed by atoms with E-state index in [2.05, 4.69) is 36.5 Å². The van der Waals surface area contributed by atoms with Crippen molar-refractivity contribution in [2.45, 2.75) is 45.6 Å². The average molecular weight is 389 g/mol. The number of aryl methyl sites for hydroxylation is 2. The van der Waals surface area contributed by atoms with Crippen molar-refractivity contribution < 1.29 is 4.79 Å². The average Bonchev–Trinajstić information content (AvgIpc) is 3.02. The summed E-state index contributed by atoms with van der Waals surface area (Å²) in [6.45, 7) is 3.88. The molecule has 2 aromatic rings. The monoisotopic (exact) mass is 388 g/mol. The van der Waals surface area contributed by atoms with Crippen LogP contribution in [0.3, 0.4) is 0 Å². The Balaban J connectivity index is 1.79. The summed E-state index contributed by atoms with van der Waals surface area (Å²) in [6, 6.07) is 7.94. The number of anilines is 2. The summed E-state index contributed by atoms with van der Waals surface area (Å²) in [5.41, 5.74) is 3.17. The van der Waals surface area contributed by atoms with Crippen LogP contribution in [0.4, 0.5) is 11.6 Å². The summed E-state index contributed by atoms with van der Waals surface area (Å²) in [4.78, 5) is 21.2. The molecule has 6 heteroatoms. The molecule has 1 aliphatic carbocycles. The first-order valence-electron chi connectivity index (χ1n) is 8.21. The fourth-order valence-electron chi connectivity index (χ4n) is 2.96. The zero-order valence-corrected chi connectivity index (χ0v) is 15.5. The van der Waals surface area contributed by atoms with Gasteiger partial charge in [-0.3, -0.25) is 4.79 Å². The molecule has 5 nitrogen and oxygen atoms in total. The quantitative estimate of drug-likeness (QED) is 0.820. The topological polar surface area (TPSA) is 66.9 Å². The van der Waals surface area contributed by atoms with E-state index in [1.807, 2.05) is 32.0 Å². The van der Waals surface area contributed by atoms with Gasteiger partial charge in [0.05, 0.1) is 0 Å². The lowest BCUT2D eigenvalue weighted by atomic mass is 10.2. The van der Waals surface area contributed by atoms with E-state index in [1.165, 1.54) is 12.8 Å². The summed E-state index contributed by atoms with van der Waals surface area (Å²) in [5.74, 6) is 0.319. The highest BCUT2D eigenvalue weighted by molar-refractivity contribution is 9.10. The molecule has 0 atom stereocenters. The predicted octanol–water partition coefficient (Wildman–Crippen LogP) is 4.27. The fourth-order valence-corrected chi connectivity index (χ4v) is 3.43. The van der Waals surface area contributed by atoms with E-state index in [0.717, 1.165) is 34.3 Å². The Morgan fingerprint density at radius 2 is 1.92 bits per heavy atom. The van der Waals surface area contributed by atoms with Crippen LogP contribution in [0, 0.1) is 13.8 Å². The van der Waals surface area contributed by atoms with Crippen LogP contribution in [0.5, 0.6) is 0 Å². The fraction of sp³-hybridized carbons (Fsp3) is 0.389. The van der Waals surface area contributed by atoms with Crippen molar-refractivity contribution in [3.05, 3.63) is 45.7 Å². The molecule has 1 aromatic carbocycles. The van der Waals surface area contributed by atoms with Crippen LogP contribution in [0.15, 0.2) is 28.7 Å². The number of halogens is 1. The van der Waals surface area contributed by atoms with E-state index in [9.17, 15) is 4.79 Å². The number of nitrogens with one attached hydrogen (secondary N) is 2. The molecule has 0 saturated heterocycles. The molecule has 126 valence electrons. The lowest BCUT2D eigenvalue weighted by Gasteiger charge is -2.13. The number of amides is 1. The van der Waals surface area contributed by atoms with Crippen molar-refractivity contribution in [2.75, 3.05) is 5.32 Å². The minimum atomic E-state index is -0.122. The molecule has 0 aliphatic heterocycles. The third-order valence-corrected chi connectivity index (χ3v) is 4.71. The van der Waals surface area contributed by atoms with Gasteiger partial charge in [-0.15, -0.1) is 0 Å². The second-order valence-electron chi connectivity index (χ2n) is 6.26. The van der Waals surface area contributed by atoms with Gasteiger partial charge in [0, 0.05) is 21.9 Å². The van der Waals surface area contributed by atoms with Gasteiger partial charge in [0.25, 0.3) is 5.91 Å². The van der Waals surface area contributed by atoms with Crippen LogP contribution in [-0.2, 0) is 0 Å². The molecule has 1 fully saturated rings. The summed E-state index contributed by atoms with van der Waals surface area (Å²) >= 11 is 3.45. The minimum Gasteiger partial charge on any atom is -0.348 e. The highest BCUT2D eigenvalue weighted by atomic mass is 79.9. The van der Waals surface area contributed by atoms with Gasteiger partial charge in [-0.25, -0.2) is 9.97 Å². The third kappa shape index (κ3) is 4.12. The zero-order valence-electron chi connectivity index (χ0n) is 13.9. The second kappa shape index (κ2) is 7.30. The number of rotatable bonds is 4. The Morgan fingerprint density at radius 3 is 2.62 bits per heavy atom. The predicted molar refractivity (Wildman–Crippen MR) is 98.7 cm³/mol. The Bertz CT molecular complexity index is 757. The second-order valence-corrected chi connectivity index (χ2v) is 7.17. The molecular weight excluding hydrogens is 368 g/mol. The molecule has 0 spiro atoms. The van der Waals surface area contributed by atoms with Crippen molar-refractivity contribution in [1.82, 2.24) is 15.3 Å². The van der Waals surface area contributed by atoms with Gasteiger partial charge in [-0.05, 0) is 56.5 Å². The first-order chi connectivity index (χ1) is 11.5. The summed E-state index contributed by atoms with van der Waals surface area (Å²) in [6.07, 6.45) is 4.48. The van der Waals surface area contributed by atoms with Crippen LogP contribution >= 0.6 is 15.9 Å². The van der Waals surface area contributed by atoms with Crippen LogP contribution < -0.4 is 10.6 Å². The van der Waals surface area contributed by atoms with Crippen molar-refractivity contribution in [3.8, 4) is 0 Å². The van der Waals surface area contributed by atoms with Gasteiger partial charge in [-0.1, -0.05) is 28.8 Å². The molecule has 1 aromatic heterocycles. The number of nitrogens with zero attached hydrogens (tertiary/aromatic N) is 2. The number of carbonyl (C=O) groups is 1. The third-order valence-electron chi connectivity index (χ3n) is 4.21. The number of aromatic nitrogens is 2. The maximum atomic E-state index is 12.4. The molecule has 1 heterocycles. The standard InChI is InChI=1S/C18H21BrN4O/c1-11-9-13(19)7-8-15(11)22-18-20-12(2)10-16(23-18)17(24)21-14-5-3-4-6-14/h7-10,14H,3-6H2,1-2H3,(H,21,24)(H,20,22,23). The first kappa shape index (κ1) is 16.9. The van der Waals surface area contributed by atoms with E-state index < -0.39 is 0 Å². The number of carbonyl (C=O) groups excluding carboxylic acids is 1. The molecule has 0 bridgehead atoms. The smallest absolute Gasteiger partial charge is 0.270 e. The Hall–Kier alpha value is -1.95. The highest BCUT2D eigenvalue weighted by Gasteiger charge is 2.19. The summed E-state index contributed by atoms with van der Waals surface area (Å²) in [7, 11) is 0. The van der Waals surface area contributed by atoms with Crippen LogP contribution in [0.2, 0.25) is 0 Å². The summed E-state index contributed by atoms with van der Waals surface area (Å²) < 4.78 is 1.02. The molecular formula is C18H21BrN4O. The molecule has 1 amide bonds. The zero-order chi connectivity index (χ0) is 17.1. The van der Waals surface area contributed by atoms with Crippen molar-refractivity contribution in [2.24, 2.45) is 0 Å². The Labute approximate surface area is 150 Å². The van der Waals surface area contributed by atoms with Crippen molar-refractivity contribution >= 4 is 33.5 Å². The summed E-state index contributed by atoms with van der Waals surface area (Å²) in [5, 5.41) is 6.28. The SMILES string of the molecule is Cc1cc(C(=O)NC2CCCC2)nc(Nc2ccc(Br)cc2C)n1. The molecule has 1 aliphatic rings. The molecule has 24 heavy (non-hydrogen) atoms. The van der Waals surface area contributed by atoms with Gasteiger partial charge in [0.1, 0.15) is 5.69 Å². The van der Waals surface area contributed by atoms with Crippen molar-refractivity contribution in [3.63, 3.8) is 0 Å². The molecule has 0 radical (unpaired) electrons. The van der Waals surface area contributed by atoms with E-state index >= 15 is 0 Å². The van der Waals surface area contributed by atoms with Crippen LogP contribution in [0.1, 0.15) is 47.4 Å². The number of hydrogen-bond acceptors (Lipinski definition) is 4. The number of benzene rings is 1. The Morgan fingerprint density at radius 1 is 1.17 bits per heavy atom. The van der Waals surface area contributed by atoms with Crippen molar-refractivity contribution in [1.29, 1.82) is 0 Å². The maximum Gasteiger partial charge on any atom is 0.270 e. The lowest BCUT2D eigenvalue weighted by Crippen LogP contribution is -2.33. The minimum absolute atomic E-state index is 0.122. The molecule has 1 saturated carbocycles. The van der Waals surface area contributed by atoms with E-state index in [1.54, 1.807) is 6.07 Å². The molecule has 2 N–H and O–H groups in total. The van der Waals surface area contributed by atoms with Crippen LogP contribution in [-0.4, -0.2) is 21.9 Å². The van der Waals surface area contributed by atoms with E-state index in [0.29, 0.717) is 11.6 Å². The lowest BCUT2D eigenvalue weighted by molar-refractivity contribution is 0.0932. The number of hydrogen-bond donors (Lipinski definition) is 2. The van der Waals surface area contributed by atoms with Gasteiger partial charge in [0.2, 0.25) is 5.95 Å². The van der Waals surface area contributed by atoms with Gasteiger partial charge >= 0.3 is 0 Å². The van der Waals surface area contributed by atoms with Gasteiger partial charge in [-0.2, -0.15) is 0 Å². The Kier molecular flexibility index (Phi) is 5.14. The maximum absolute atomic E-state index is 12.4.